The van der Waals surface area contributed by atoms with E-state index in [4.69, 9.17) is 9.47 Å². The fourth-order valence-corrected chi connectivity index (χ4v) is 3.02. The fraction of sp³-hybridized carbons (Fsp3) is 0.318. The number of aliphatic imine (C=N–C) groups is 1. The molecular formula is C22H26N4O4. The minimum absolute atomic E-state index is 0.0564. The van der Waals surface area contributed by atoms with Crippen LogP contribution in [0.25, 0.3) is 0 Å². The average molecular weight is 410 g/mol. The lowest BCUT2D eigenvalue weighted by Crippen LogP contribution is -2.36. The molecule has 0 unspecified atom stereocenters. The highest BCUT2D eigenvalue weighted by atomic mass is 16.5. The monoisotopic (exact) mass is 410 g/mol. The third-order valence-electron chi connectivity index (χ3n) is 4.51. The molecule has 1 fully saturated rings. The molecule has 2 aromatic carbocycles. The van der Waals surface area contributed by atoms with E-state index in [1.165, 1.54) is 6.92 Å². The minimum Gasteiger partial charge on any atom is -0.497 e. The molecular weight excluding hydrogens is 384 g/mol. The number of carbonyl (C=O) groups excluding carboxylic acids is 2. The number of amides is 2. The smallest absolute Gasteiger partial charge is 0.257 e. The number of guanidine groups is 1. The maximum absolute atomic E-state index is 12.7. The molecule has 0 aromatic heterocycles. The molecule has 0 aliphatic carbocycles. The van der Waals surface area contributed by atoms with Crippen LogP contribution in [0, 0.1) is 0 Å². The number of ether oxygens (including phenoxy) is 2. The van der Waals surface area contributed by atoms with E-state index >= 15 is 0 Å². The molecule has 3 rings (SSSR count). The third kappa shape index (κ3) is 6.31. The lowest BCUT2D eigenvalue weighted by molar-refractivity contribution is -0.114. The van der Waals surface area contributed by atoms with Crippen LogP contribution < -0.4 is 20.7 Å². The first-order chi connectivity index (χ1) is 14.5. The predicted molar refractivity (Wildman–Crippen MR) is 116 cm³/mol. The van der Waals surface area contributed by atoms with Crippen molar-refractivity contribution in [1.29, 1.82) is 0 Å². The molecule has 0 spiro atoms. The Morgan fingerprint density at radius 3 is 2.60 bits per heavy atom. The van der Waals surface area contributed by atoms with Crippen molar-refractivity contribution < 1.29 is 19.1 Å². The molecule has 1 saturated heterocycles. The summed E-state index contributed by atoms with van der Waals surface area (Å²) >= 11 is 0. The zero-order valence-corrected chi connectivity index (χ0v) is 17.1. The zero-order chi connectivity index (χ0) is 21.3. The van der Waals surface area contributed by atoms with Gasteiger partial charge in [-0.3, -0.25) is 14.9 Å². The predicted octanol–water partition coefficient (Wildman–Crippen LogP) is 3.03. The number of nitrogens with one attached hydrogen (secondary N) is 3. The van der Waals surface area contributed by atoms with Crippen molar-refractivity contribution in [2.45, 2.75) is 25.9 Å². The number of hydrogen-bond acceptors (Lipinski definition) is 5. The van der Waals surface area contributed by atoms with Gasteiger partial charge in [-0.1, -0.05) is 6.07 Å². The SMILES string of the molecule is COc1cccc(NC(=NC[C@@H]2CCCO2)NC(=O)c2ccc(NC(C)=O)cc2)c1. The summed E-state index contributed by atoms with van der Waals surface area (Å²) in [7, 11) is 1.60. The second kappa shape index (κ2) is 10.4. The topological polar surface area (TPSA) is 101 Å². The largest absolute Gasteiger partial charge is 0.497 e. The molecule has 0 bridgehead atoms. The quantitative estimate of drug-likeness (QED) is 0.502. The van der Waals surface area contributed by atoms with E-state index in [-0.39, 0.29) is 17.9 Å². The zero-order valence-electron chi connectivity index (χ0n) is 17.1. The first-order valence-electron chi connectivity index (χ1n) is 9.79. The van der Waals surface area contributed by atoms with Crippen LogP contribution >= 0.6 is 0 Å². The van der Waals surface area contributed by atoms with Crippen molar-refractivity contribution in [2.75, 3.05) is 30.9 Å². The Labute approximate surface area is 175 Å². The second-order valence-electron chi connectivity index (χ2n) is 6.89. The Morgan fingerprint density at radius 2 is 1.93 bits per heavy atom. The maximum Gasteiger partial charge on any atom is 0.257 e. The molecule has 8 nitrogen and oxygen atoms in total. The van der Waals surface area contributed by atoms with Crippen molar-refractivity contribution in [3.8, 4) is 5.75 Å². The normalized spacial score (nSPS) is 16.1. The number of methoxy groups -OCH3 is 1. The fourth-order valence-electron chi connectivity index (χ4n) is 3.02. The molecule has 0 radical (unpaired) electrons. The summed E-state index contributed by atoms with van der Waals surface area (Å²) in [6.07, 6.45) is 2.03. The van der Waals surface area contributed by atoms with Crippen LogP contribution in [-0.2, 0) is 9.53 Å². The van der Waals surface area contributed by atoms with Crippen molar-refractivity contribution in [1.82, 2.24) is 5.32 Å². The molecule has 1 aliphatic rings. The lowest BCUT2D eigenvalue weighted by Gasteiger charge is -2.14. The van der Waals surface area contributed by atoms with Crippen LogP contribution in [-0.4, -0.2) is 44.1 Å². The number of benzene rings is 2. The van der Waals surface area contributed by atoms with Gasteiger partial charge in [-0.05, 0) is 49.2 Å². The van der Waals surface area contributed by atoms with E-state index in [2.05, 4.69) is 20.9 Å². The van der Waals surface area contributed by atoms with Gasteiger partial charge in [0.25, 0.3) is 5.91 Å². The van der Waals surface area contributed by atoms with E-state index in [1.807, 2.05) is 24.3 Å². The Bertz CT molecular complexity index is 906. The number of anilines is 2. The van der Waals surface area contributed by atoms with E-state index in [0.29, 0.717) is 29.5 Å². The number of nitrogens with zero attached hydrogens (tertiary/aromatic N) is 1. The number of rotatable bonds is 6. The summed E-state index contributed by atoms with van der Waals surface area (Å²) in [4.78, 5) is 28.4. The highest BCUT2D eigenvalue weighted by Gasteiger charge is 2.16. The van der Waals surface area contributed by atoms with Crippen LogP contribution in [0.3, 0.4) is 0 Å². The van der Waals surface area contributed by atoms with Crippen molar-refractivity contribution >= 4 is 29.1 Å². The van der Waals surface area contributed by atoms with Crippen LogP contribution in [0.2, 0.25) is 0 Å². The van der Waals surface area contributed by atoms with Crippen LogP contribution in [0.4, 0.5) is 11.4 Å². The number of carbonyl (C=O) groups is 2. The van der Waals surface area contributed by atoms with E-state index in [1.54, 1.807) is 31.4 Å². The summed E-state index contributed by atoms with van der Waals surface area (Å²) in [5.41, 5.74) is 1.81. The molecule has 2 aromatic rings. The highest BCUT2D eigenvalue weighted by Crippen LogP contribution is 2.17. The average Bonchev–Trinajstić information content (AvgIpc) is 3.26. The van der Waals surface area contributed by atoms with Gasteiger partial charge in [0.2, 0.25) is 11.9 Å². The van der Waals surface area contributed by atoms with Gasteiger partial charge in [0.15, 0.2) is 0 Å². The molecule has 1 aliphatic heterocycles. The molecule has 30 heavy (non-hydrogen) atoms. The molecule has 2 amide bonds. The van der Waals surface area contributed by atoms with E-state index in [0.717, 1.165) is 25.1 Å². The third-order valence-corrected chi connectivity index (χ3v) is 4.51. The van der Waals surface area contributed by atoms with Crippen LogP contribution in [0.5, 0.6) is 5.75 Å². The lowest BCUT2D eigenvalue weighted by atomic mass is 10.2. The molecule has 1 heterocycles. The second-order valence-corrected chi connectivity index (χ2v) is 6.89. The standard InChI is InChI=1S/C22H26N4O4/c1-15(27)24-17-10-8-16(9-11-17)21(28)26-22(23-14-20-7-4-12-30-20)25-18-5-3-6-19(13-18)29-2/h3,5-6,8-11,13,20H,4,7,12,14H2,1-2H3,(H,24,27)(H2,23,25,26,28)/t20-/m0/s1. The Morgan fingerprint density at radius 1 is 1.13 bits per heavy atom. The Kier molecular flexibility index (Phi) is 7.40. The number of hydrogen-bond donors (Lipinski definition) is 3. The van der Waals surface area contributed by atoms with Gasteiger partial charge in [-0.2, -0.15) is 0 Å². The summed E-state index contributed by atoms with van der Waals surface area (Å²) < 4.78 is 10.9. The van der Waals surface area contributed by atoms with E-state index in [9.17, 15) is 9.59 Å². The van der Waals surface area contributed by atoms with Gasteiger partial charge >= 0.3 is 0 Å². The van der Waals surface area contributed by atoms with Gasteiger partial charge < -0.3 is 20.1 Å². The first-order valence-corrected chi connectivity index (χ1v) is 9.79. The minimum atomic E-state index is -0.314. The summed E-state index contributed by atoms with van der Waals surface area (Å²) in [5.74, 6) is 0.539. The maximum atomic E-state index is 12.7. The molecule has 8 heteroatoms. The summed E-state index contributed by atoms with van der Waals surface area (Å²) in [6.45, 7) is 2.63. The molecule has 3 N–H and O–H groups in total. The van der Waals surface area contributed by atoms with Crippen molar-refractivity contribution in [3.05, 3.63) is 54.1 Å². The van der Waals surface area contributed by atoms with Crippen molar-refractivity contribution in [2.24, 2.45) is 4.99 Å². The molecule has 0 saturated carbocycles. The van der Waals surface area contributed by atoms with Gasteiger partial charge in [0.1, 0.15) is 5.75 Å². The van der Waals surface area contributed by atoms with Gasteiger partial charge in [-0.15, -0.1) is 0 Å². The summed E-state index contributed by atoms with van der Waals surface area (Å²) in [5, 5.41) is 8.64. The van der Waals surface area contributed by atoms with Crippen LogP contribution in [0.1, 0.15) is 30.1 Å². The molecule has 1 atom stereocenters. The van der Waals surface area contributed by atoms with Gasteiger partial charge in [0, 0.05) is 36.5 Å². The van der Waals surface area contributed by atoms with Crippen molar-refractivity contribution in [3.63, 3.8) is 0 Å². The van der Waals surface area contributed by atoms with Gasteiger partial charge in [-0.25, -0.2) is 4.99 Å². The van der Waals surface area contributed by atoms with Gasteiger partial charge in [0.05, 0.1) is 19.8 Å². The summed E-state index contributed by atoms with van der Waals surface area (Å²) in [6, 6.07) is 14.0. The Hall–Kier alpha value is -3.39. The van der Waals surface area contributed by atoms with E-state index < -0.39 is 0 Å². The first kappa shape index (κ1) is 21.3. The molecule has 158 valence electrons. The Balaban J connectivity index is 1.72. The van der Waals surface area contributed by atoms with Crippen LogP contribution in [0.15, 0.2) is 53.5 Å². The highest BCUT2D eigenvalue weighted by molar-refractivity contribution is 6.10.